The number of hydrogen-bond acceptors (Lipinski definition) is 6. The van der Waals surface area contributed by atoms with Crippen LogP contribution in [0.3, 0.4) is 0 Å². The van der Waals surface area contributed by atoms with Crippen LogP contribution in [0.25, 0.3) is 10.6 Å². The van der Waals surface area contributed by atoms with E-state index < -0.39 is 0 Å². The van der Waals surface area contributed by atoms with Crippen molar-refractivity contribution < 1.29 is 4.92 Å². The van der Waals surface area contributed by atoms with Crippen molar-refractivity contribution in [2.24, 2.45) is 0 Å². The van der Waals surface area contributed by atoms with Crippen LogP contribution in [0.1, 0.15) is 31.3 Å². The van der Waals surface area contributed by atoms with Gasteiger partial charge in [-0.25, -0.2) is 0 Å². The Morgan fingerprint density at radius 2 is 2.05 bits per heavy atom. The van der Waals surface area contributed by atoms with Crippen LogP contribution >= 0.6 is 11.3 Å². The summed E-state index contributed by atoms with van der Waals surface area (Å²) in [5.41, 5.74) is 1.54. The first kappa shape index (κ1) is 15.5. The summed E-state index contributed by atoms with van der Waals surface area (Å²) in [6.45, 7) is 8.71. The number of hydrogen-bond donors (Lipinski definition) is 1. The number of rotatable bonds is 4. The van der Waals surface area contributed by atoms with Crippen molar-refractivity contribution in [2.75, 3.05) is 0 Å². The molecule has 1 aromatic carbocycles. The van der Waals surface area contributed by atoms with Gasteiger partial charge in [0.2, 0.25) is 0 Å². The quantitative estimate of drug-likeness (QED) is 0.692. The first-order chi connectivity index (χ1) is 9.76. The van der Waals surface area contributed by atoms with Crippen molar-refractivity contribution in [1.29, 1.82) is 0 Å². The summed E-state index contributed by atoms with van der Waals surface area (Å²) in [4.78, 5) is 10.7. The van der Waals surface area contributed by atoms with Crippen molar-refractivity contribution in [3.05, 3.63) is 38.9 Å². The zero-order valence-electron chi connectivity index (χ0n) is 12.5. The van der Waals surface area contributed by atoms with Gasteiger partial charge in [0.25, 0.3) is 5.69 Å². The van der Waals surface area contributed by atoms with Gasteiger partial charge in [0, 0.05) is 11.6 Å². The summed E-state index contributed by atoms with van der Waals surface area (Å²) in [6, 6.07) is 5.02. The van der Waals surface area contributed by atoms with Crippen molar-refractivity contribution in [1.82, 2.24) is 15.5 Å². The molecule has 2 aromatic rings. The summed E-state index contributed by atoms with van der Waals surface area (Å²) >= 11 is 1.38. The Bertz CT molecular complexity index is 661. The first-order valence-corrected chi connectivity index (χ1v) is 7.41. The molecule has 0 unspecified atom stereocenters. The second-order valence-corrected chi connectivity index (χ2v) is 6.94. The average molecular weight is 306 g/mol. The number of benzene rings is 1. The molecule has 0 aliphatic carbocycles. The Morgan fingerprint density at radius 3 is 2.67 bits per heavy atom. The fraction of sp³-hybridized carbons (Fsp3) is 0.429. The maximum Gasteiger partial charge on any atom is 0.279 e. The summed E-state index contributed by atoms with van der Waals surface area (Å²) in [5, 5.41) is 24.0. The van der Waals surface area contributed by atoms with Gasteiger partial charge in [-0.2, -0.15) is 0 Å². The molecule has 6 nitrogen and oxygen atoms in total. The standard InChI is InChI=1S/C14H18N4O2S/c1-9-5-6-11(18(19)20)10(7-9)13-17-16-12(21-13)8-15-14(2,3)4/h5-7,15H,8H2,1-4H3. The molecule has 1 aromatic heterocycles. The zero-order valence-corrected chi connectivity index (χ0v) is 13.3. The van der Waals surface area contributed by atoms with Crippen LogP contribution in [0.2, 0.25) is 0 Å². The maximum atomic E-state index is 11.1. The van der Waals surface area contributed by atoms with Gasteiger partial charge in [-0.1, -0.05) is 17.4 Å². The Morgan fingerprint density at radius 1 is 1.33 bits per heavy atom. The second kappa shape index (κ2) is 5.87. The van der Waals surface area contributed by atoms with Gasteiger partial charge in [-0.3, -0.25) is 10.1 Å². The smallest absolute Gasteiger partial charge is 0.279 e. The van der Waals surface area contributed by atoms with Crippen LogP contribution in [0.5, 0.6) is 0 Å². The van der Waals surface area contributed by atoms with Gasteiger partial charge < -0.3 is 5.32 Å². The molecule has 21 heavy (non-hydrogen) atoms. The Labute approximate surface area is 127 Å². The van der Waals surface area contributed by atoms with Crippen LogP contribution in [0.15, 0.2) is 18.2 Å². The van der Waals surface area contributed by atoms with E-state index in [9.17, 15) is 10.1 Å². The highest BCUT2D eigenvalue weighted by Crippen LogP contribution is 2.32. The molecule has 2 rings (SSSR count). The summed E-state index contributed by atoms with van der Waals surface area (Å²) in [7, 11) is 0. The van der Waals surface area contributed by atoms with Crippen LogP contribution in [-0.2, 0) is 6.54 Å². The lowest BCUT2D eigenvalue weighted by atomic mass is 10.1. The predicted octanol–water partition coefficient (Wildman–Crippen LogP) is 3.31. The minimum atomic E-state index is -0.386. The predicted molar refractivity (Wildman–Crippen MR) is 83.3 cm³/mol. The molecule has 112 valence electrons. The van der Waals surface area contributed by atoms with Gasteiger partial charge in [0.05, 0.1) is 17.0 Å². The van der Waals surface area contributed by atoms with Crippen LogP contribution in [0.4, 0.5) is 5.69 Å². The molecule has 0 aliphatic rings. The van der Waals surface area contributed by atoms with Crippen molar-refractivity contribution in [2.45, 2.75) is 39.8 Å². The Kier molecular flexibility index (Phi) is 4.34. The molecule has 1 N–H and O–H groups in total. The molecule has 0 bridgehead atoms. The molecule has 0 aliphatic heterocycles. The molecule has 0 saturated heterocycles. The van der Waals surface area contributed by atoms with E-state index in [1.807, 2.05) is 6.92 Å². The third-order valence-electron chi connectivity index (χ3n) is 2.82. The molecule has 0 spiro atoms. The number of nitrogens with one attached hydrogen (secondary N) is 1. The molecule has 7 heteroatoms. The van der Waals surface area contributed by atoms with Crippen LogP contribution in [-0.4, -0.2) is 20.7 Å². The largest absolute Gasteiger partial charge is 0.306 e. The monoisotopic (exact) mass is 306 g/mol. The molecular weight excluding hydrogens is 288 g/mol. The van der Waals surface area contributed by atoms with E-state index in [0.717, 1.165) is 10.6 Å². The van der Waals surface area contributed by atoms with Gasteiger partial charge in [0.1, 0.15) is 5.01 Å². The summed E-state index contributed by atoms with van der Waals surface area (Å²) in [5.74, 6) is 0. The summed E-state index contributed by atoms with van der Waals surface area (Å²) < 4.78 is 0. The van der Waals surface area contributed by atoms with Crippen LogP contribution in [0, 0.1) is 17.0 Å². The fourth-order valence-corrected chi connectivity index (χ4v) is 2.56. The topological polar surface area (TPSA) is 81.0 Å². The Balaban J connectivity index is 2.29. The van der Waals surface area contributed by atoms with E-state index in [1.165, 1.54) is 17.4 Å². The molecule has 0 amide bonds. The van der Waals surface area contributed by atoms with Gasteiger partial charge >= 0.3 is 0 Å². The lowest BCUT2D eigenvalue weighted by molar-refractivity contribution is -0.384. The van der Waals surface area contributed by atoms with E-state index in [4.69, 9.17) is 0 Å². The third-order valence-corrected chi connectivity index (χ3v) is 3.77. The number of nitro groups is 1. The van der Waals surface area contributed by atoms with E-state index in [2.05, 4.69) is 36.3 Å². The molecule has 0 radical (unpaired) electrons. The third kappa shape index (κ3) is 4.05. The van der Waals surface area contributed by atoms with E-state index in [1.54, 1.807) is 12.1 Å². The van der Waals surface area contributed by atoms with Gasteiger partial charge in [-0.15, -0.1) is 10.2 Å². The number of nitrogens with zero attached hydrogens (tertiary/aromatic N) is 3. The Hall–Kier alpha value is -1.86. The molecule has 0 fully saturated rings. The second-order valence-electron chi connectivity index (χ2n) is 5.88. The van der Waals surface area contributed by atoms with Gasteiger partial charge in [-0.05, 0) is 39.3 Å². The normalized spacial score (nSPS) is 11.6. The highest BCUT2D eigenvalue weighted by atomic mass is 32.1. The number of nitro benzene ring substituents is 1. The molecule has 0 atom stereocenters. The number of aromatic nitrogens is 2. The minimum Gasteiger partial charge on any atom is -0.306 e. The highest BCUT2D eigenvalue weighted by molar-refractivity contribution is 7.14. The molecule has 1 heterocycles. The summed E-state index contributed by atoms with van der Waals surface area (Å²) in [6.07, 6.45) is 0. The number of aryl methyl sites for hydroxylation is 1. The fourth-order valence-electron chi connectivity index (χ4n) is 1.76. The van der Waals surface area contributed by atoms with Crippen molar-refractivity contribution in [3.63, 3.8) is 0 Å². The van der Waals surface area contributed by atoms with E-state index in [-0.39, 0.29) is 16.1 Å². The molecule has 0 saturated carbocycles. The lowest BCUT2D eigenvalue weighted by Crippen LogP contribution is -2.35. The van der Waals surface area contributed by atoms with Crippen molar-refractivity contribution >= 4 is 17.0 Å². The van der Waals surface area contributed by atoms with Gasteiger partial charge in [0.15, 0.2) is 5.01 Å². The van der Waals surface area contributed by atoms with E-state index in [0.29, 0.717) is 17.1 Å². The lowest BCUT2D eigenvalue weighted by Gasteiger charge is -2.19. The SMILES string of the molecule is Cc1ccc([N+](=O)[O-])c(-c2nnc(CNC(C)(C)C)s2)c1. The maximum absolute atomic E-state index is 11.1. The highest BCUT2D eigenvalue weighted by Gasteiger charge is 2.19. The first-order valence-electron chi connectivity index (χ1n) is 6.59. The van der Waals surface area contributed by atoms with E-state index >= 15 is 0 Å². The van der Waals surface area contributed by atoms with Crippen molar-refractivity contribution in [3.8, 4) is 10.6 Å². The minimum absolute atomic E-state index is 0.0127. The van der Waals surface area contributed by atoms with Crippen LogP contribution < -0.4 is 5.32 Å². The molecular formula is C14H18N4O2S. The average Bonchev–Trinajstić information content (AvgIpc) is 2.83. The zero-order chi connectivity index (χ0) is 15.6.